The number of anilines is 1. The first-order valence-electron chi connectivity index (χ1n) is 6.89. The minimum absolute atomic E-state index is 0.0216. The molecule has 5 nitrogen and oxygen atoms in total. The summed E-state index contributed by atoms with van der Waals surface area (Å²) in [4.78, 5) is 18.2. The van der Waals surface area contributed by atoms with E-state index >= 15 is 0 Å². The molecule has 1 aliphatic carbocycles. The van der Waals surface area contributed by atoms with E-state index in [-0.39, 0.29) is 5.91 Å². The Hall–Kier alpha value is -1.62. The van der Waals surface area contributed by atoms with E-state index in [1.54, 1.807) is 23.2 Å². The molecule has 0 aromatic carbocycles. The molecule has 0 spiro atoms. The Bertz CT molecular complexity index is 429. The molecule has 0 bridgehead atoms. The second kappa shape index (κ2) is 6.52. The highest BCUT2D eigenvalue weighted by Crippen LogP contribution is 2.24. The van der Waals surface area contributed by atoms with Gasteiger partial charge in [0.05, 0.1) is 5.56 Å². The van der Waals surface area contributed by atoms with Gasteiger partial charge >= 0.3 is 0 Å². The lowest BCUT2D eigenvalue weighted by atomic mass is 9.89. The number of hydrazine groups is 1. The van der Waals surface area contributed by atoms with Gasteiger partial charge in [0.2, 0.25) is 0 Å². The minimum atomic E-state index is -0.0216. The normalized spacial score (nSPS) is 16.1. The van der Waals surface area contributed by atoms with Crippen molar-refractivity contribution < 1.29 is 4.79 Å². The van der Waals surface area contributed by atoms with Crippen molar-refractivity contribution in [2.24, 2.45) is 11.8 Å². The van der Waals surface area contributed by atoms with Gasteiger partial charge in [-0.3, -0.25) is 4.79 Å². The molecule has 1 heterocycles. The van der Waals surface area contributed by atoms with Crippen LogP contribution in [0.5, 0.6) is 0 Å². The number of nitrogen functional groups attached to an aromatic ring is 1. The molecule has 2 rings (SSSR count). The molecule has 0 saturated heterocycles. The molecule has 0 unspecified atom stereocenters. The van der Waals surface area contributed by atoms with Crippen LogP contribution in [0.25, 0.3) is 0 Å². The predicted octanol–water partition coefficient (Wildman–Crippen LogP) is 2.02. The fraction of sp³-hybridized carbons (Fsp3) is 0.571. The Morgan fingerprint density at radius 1 is 1.47 bits per heavy atom. The first-order chi connectivity index (χ1) is 9.22. The maximum Gasteiger partial charge on any atom is 0.257 e. The maximum atomic E-state index is 12.4. The van der Waals surface area contributed by atoms with Crippen molar-refractivity contribution in [3.8, 4) is 0 Å². The Kier molecular flexibility index (Phi) is 4.74. The highest BCUT2D eigenvalue weighted by atomic mass is 16.2. The van der Waals surface area contributed by atoms with Crippen molar-refractivity contribution in [3.63, 3.8) is 0 Å². The summed E-state index contributed by atoms with van der Waals surface area (Å²) in [5.41, 5.74) is 3.01. The Labute approximate surface area is 114 Å². The summed E-state index contributed by atoms with van der Waals surface area (Å²) in [5.74, 6) is 6.43. The summed E-state index contributed by atoms with van der Waals surface area (Å²) in [6.45, 7) is 0.817. The SMILES string of the molecule is CN(CC1CCCCC1)C(=O)c1cccnc1NN. The monoisotopic (exact) mass is 262 g/mol. The fourth-order valence-electron chi connectivity index (χ4n) is 2.74. The lowest BCUT2D eigenvalue weighted by Crippen LogP contribution is -2.33. The molecular weight excluding hydrogens is 240 g/mol. The zero-order valence-electron chi connectivity index (χ0n) is 11.4. The van der Waals surface area contributed by atoms with Crippen LogP contribution in [0.3, 0.4) is 0 Å². The van der Waals surface area contributed by atoms with Gasteiger partial charge in [0.15, 0.2) is 5.82 Å². The molecule has 3 N–H and O–H groups in total. The number of hydrogen-bond acceptors (Lipinski definition) is 4. The van der Waals surface area contributed by atoms with E-state index in [1.807, 2.05) is 7.05 Å². The van der Waals surface area contributed by atoms with E-state index in [2.05, 4.69) is 10.4 Å². The third-order valence-corrected chi connectivity index (χ3v) is 3.78. The highest BCUT2D eigenvalue weighted by molar-refractivity contribution is 5.98. The van der Waals surface area contributed by atoms with Gasteiger partial charge in [0.1, 0.15) is 0 Å². The number of amides is 1. The van der Waals surface area contributed by atoms with Crippen molar-refractivity contribution >= 4 is 11.7 Å². The molecule has 0 aliphatic heterocycles. The van der Waals surface area contributed by atoms with Crippen LogP contribution in [0, 0.1) is 5.92 Å². The van der Waals surface area contributed by atoms with E-state index in [4.69, 9.17) is 5.84 Å². The van der Waals surface area contributed by atoms with Crippen LogP contribution in [0.15, 0.2) is 18.3 Å². The van der Waals surface area contributed by atoms with Gasteiger partial charge in [-0.15, -0.1) is 0 Å². The fourth-order valence-corrected chi connectivity index (χ4v) is 2.74. The molecule has 1 aliphatic rings. The number of nitrogens with zero attached hydrogens (tertiary/aromatic N) is 2. The lowest BCUT2D eigenvalue weighted by Gasteiger charge is -2.27. The zero-order chi connectivity index (χ0) is 13.7. The first-order valence-corrected chi connectivity index (χ1v) is 6.89. The zero-order valence-corrected chi connectivity index (χ0v) is 11.4. The van der Waals surface area contributed by atoms with Gasteiger partial charge in [0, 0.05) is 19.8 Å². The molecule has 19 heavy (non-hydrogen) atoms. The predicted molar refractivity (Wildman–Crippen MR) is 75.6 cm³/mol. The first kappa shape index (κ1) is 13.8. The maximum absolute atomic E-state index is 12.4. The molecule has 1 aromatic rings. The minimum Gasteiger partial charge on any atom is -0.341 e. The number of carbonyl (C=O) groups excluding carboxylic acids is 1. The van der Waals surface area contributed by atoms with Crippen LogP contribution in [0.4, 0.5) is 5.82 Å². The second-order valence-electron chi connectivity index (χ2n) is 5.23. The topological polar surface area (TPSA) is 71.2 Å². The molecule has 1 aromatic heterocycles. The number of nitrogens with two attached hydrogens (primary N) is 1. The summed E-state index contributed by atoms with van der Waals surface area (Å²) < 4.78 is 0. The average molecular weight is 262 g/mol. The van der Waals surface area contributed by atoms with Crippen LogP contribution >= 0.6 is 0 Å². The van der Waals surface area contributed by atoms with Crippen LogP contribution in [-0.2, 0) is 0 Å². The van der Waals surface area contributed by atoms with E-state index < -0.39 is 0 Å². The van der Waals surface area contributed by atoms with Gasteiger partial charge < -0.3 is 10.3 Å². The molecular formula is C14H22N4O. The van der Waals surface area contributed by atoms with Crippen LogP contribution in [0.2, 0.25) is 0 Å². The number of hydrogen-bond donors (Lipinski definition) is 2. The number of nitrogens with one attached hydrogen (secondary N) is 1. The van der Waals surface area contributed by atoms with Gasteiger partial charge in [-0.1, -0.05) is 19.3 Å². The smallest absolute Gasteiger partial charge is 0.257 e. The van der Waals surface area contributed by atoms with Crippen molar-refractivity contribution in [3.05, 3.63) is 23.9 Å². The Morgan fingerprint density at radius 2 is 2.21 bits per heavy atom. The summed E-state index contributed by atoms with van der Waals surface area (Å²) >= 11 is 0. The molecule has 1 saturated carbocycles. The quantitative estimate of drug-likeness (QED) is 0.643. The third kappa shape index (κ3) is 3.44. The summed E-state index contributed by atoms with van der Waals surface area (Å²) in [5, 5.41) is 0. The Morgan fingerprint density at radius 3 is 2.89 bits per heavy atom. The molecule has 0 atom stereocenters. The van der Waals surface area contributed by atoms with Crippen molar-refractivity contribution in [1.82, 2.24) is 9.88 Å². The number of rotatable bonds is 4. The number of aromatic nitrogens is 1. The summed E-state index contributed by atoms with van der Waals surface area (Å²) in [6, 6.07) is 3.50. The summed E-state index contributed by atoms with van der Waals surface area (Å²) in [6.07, 6.45) is 7.98. The molecule has 0 radical (unpaired) electrons. The van der Waals surface area contributed by atoms with Crippen LogP contribution in [-0.4, -0.2) is 29.4 Å². The molecule has 5 heteroatoms. The van der Waals surface area contributed by atoms with Gasteiger partial charge in [-0.05, 0) is 30.9 Å². The largest absolute Gasteiger partial charge is 0.341 e. The molecule has 104 valence electrons. The van der Waals surface area contributed by atoms with Gasteiger partial charge in [-0.2, -0.15) is 0 Å². The van der Waals surface area contributed by atoms with Crippen LogP contribution < -0.4 is 11.3 Å². The van der Waals surface area contributed by atoms with Crippen molar-refractivity contribution in [1.29, 1.82) is 0 Å². The Balaban J connectivity index is 2.01. The van der Waals surface area contributed by atoms with E-state index in [0.717, 1.165) is 6.54 Å². The van der Waals surface area contributed by atoms with Crippen molar-refractivity contribution in [2.45, 2.75) is 32.1 Å². The molecule has 1 amide bonds. The third-order valence-electron chi connectivity index (χ3n) is 3.78. The second-order valence-corrected chi connectivity index (χ2v) is 5.23. The highest BCUT2D eigenvalue weighted by Gasteiger charge is 2.21. The van der Waals surface area contributed by atoms with Gasteiger partial charge in [0.25, 0.3) is 5.91 Å². The van der Waals surface area contributed by atoms with E-state index in [0.29, 0.717) is 17.3 Å². The average Bonchev–Trinajstić information content (AvgIpc) is 2.47. The number of carbonyl (C=O) groups is 1. The standard InChI is InChI=1S/C14H22N4O/c1-18(10-11-6-3-2-4-7-11)14(19)12-8-5-9-16-13(12)17-15/h5,8-9,11H,2-4,6-7,10,15H2,1H3,(H,16,17). The van der Waals surface area contributed by atoms with Crippen molar-refractivity contribution in [2.75, 3.05) is 19.0 Å². The summed E-state index contributed by atoms with van der Waals surface area (Å²) in [7, 11) is 1.85. The van der Waals surface area contributed by atoms with Gasteiger partial charge in [-0.25, -0.2) is 10.8 Å². The lowest BCUT2D eigenvalue weighted by molar-refractivity contribution is 0.0761. The molecule has 1 fully saturated rings. The number of pyridine rings is 1. The van der Waals surface area contributed by atoms with Crippen LogP contribution in [0.1, 0.15) is 42.5 Å². The van der Waals surface area contributed by atoms with E-state index in [1.165, 1.54) is 32.1 Å². The van der Waals surface area contributed by atoms with E-state index in [9.17, 15) is 4.79 Å².